The number of ketones is 1. The molecule has 3 heteroatoms. The van der Waals surface area contributed by atoms with Gasteiger partial charge < -0.3 is 0 Å². The van der Waals surface area contributed by atoms with Crippen molar-refractivity contribution in [1.82, 2.24) is 0 Å². The third kappa shape index (κ3) is 2.99. The first-order chi connectivity index (χ1) is 8.20. The van der Waals surface area contributed by atoms with Gasteiger partial charge in [-0.25, -0.2) is 0 Å². The summed E-state index contributed by atoms with van der Waals surface area (Å²) in [5.41, 5.74) is 1.97. The fraction of sp³-hybridized carbons (Fsp3) is 0.500. The zero-order valence-corrected chi connectivity index (χ0v) is 11.7. The van der Waals surface area contributed by atoms with Gasteiger partial charge in [-0.2, -0.15) is 0 Å². The van der Waals surface area contributed by atoms with Gasteiger partial charge in [0.25, 0.3) is 0 Å². The highest BCUT2D eigenvalue weighted by Crippen LogP contribution is 2.31. The molecule has 1 aromatic heterocycles. The molecular formula is C14H17ClOS. The van der Waals surface area contributed by atoms with E-state index in [-0.39, 0.29) is 5.78 Å². The summed E-state index contributed by atoms with van der Waals surface area (Å²) in [6.07, 6.45) is 8.91. The summed E-state index contributed by atoms with van der Waals surface area (Å²) in [7, 11) is 0. The average Bonchev–Trinajstić information content (AvgIpc) is 2.58. The summed E-state index contributed by atoms with van der Waals surface area (Å²) in [6.45, 7) is 1.95. The maximum atomic E-state index is 12.4. The summed E-state index contributed by atoms with van der Waals surface area (Å²) in [6, 6.07) is 0. The number of carbonyl (C=O) groups excluding carboxylic acids is 1. The van der Waals surface area contributed by atoms with E-state index >= 15 is 0 Å². The van der Waals surface area contributed by atoms with E-state index in [9.17, 15) is 4.79 Å². The van der Waals surface area contributed by atoms with Crippen molar-refractivity contribution in [1.29, 1.82) is 0 Å². The van der Waals surface area contributed by atoms with Crippen LogP contribution in [-0.4, -0.2) is 5.78 Å². The van der Waals surface area contributed by atoms with Gasteiger partial charge in [0.05, 0.1) is 9.90 Å². The molecule has 0 unspecified atom stereocenters. The van der Waals surface area contributed by atoms with Gasteiger partial charge in [-0.05, 0) is 49.1 Å². The van der Waals surface area contributed by atoms with E-state index in [1.807, 2.05) is 12.3 Å². The highest BCUT2D eigenvalue weighted by molar-refractivity contribution is 7.13. The molecule has 92 valence electrons. The Bertz CT molecular complexity index is 445. The molecule has 0 saturated heterocycles. The van der Waals surface area contributed by atoms with Gasteiger partial charge >= 0.3 is 0 Å². The lowest BCUT2D eigenvalue weighted by Gasteiger charge is -2.09. The first-order valence-corrected chi connectivity index (χ1v) is 7.43. The Morgan fingerprint density at radius 1 is 1.29 bits per heavy atom. The van der Waals surface area contributed by atoms with Crippen LogP contribution in [0.25, 0.3) is 0 Å². The van der Waals surface area contributed by atoms with Crippen LogP contribution in [0.1, 0.15) is 53.8 Å². The van der Waals surface area contributed by atoms with Crippen molar-refractivity contribution in [2.45, 2.75) is 45.4 Å². The Hall–Kier alpha value is -0.600. The van der Waals surface area contributed by atoms with E-state index < -0.39 is 0 Å². The highest BCUT2D eigenvalue weighted by atomic mass is 35.5. The zero-order valence-electron chi connectivity index (χ0n) is 10.1. The minimum absolute atomic E-state index is 0.148. The Morgan fingerprint density at radius 2 is 2.06 bits per heavy atom. The second-order valence-electron chi connectivity index (χ2n) is 4.57. The van der Waals surface area contributed by atoms with Crippen molar-refractivity contribution in [2.24, 2.45) is 0 Å². The maximum absolute atomic E-state index is 12.4. The summed E-state index contributed by atoms with van der Waals surface area (Å²) < 4.78 is 0. The predicted octanol–water partition coefficient (Wildman–Crippen LogP) is 5.17. The van der Waals surface area contributed by atoms with Crippen LogP contribution in [0.3, 0.4) is 0 Å². The topological polar surface area (TPSA) is 17.1 Å². The van der Waals surface area contributed by atoms with Crippen LogP contribution >= 0.6 is 22.9 Å². The number of carbonyl (C=O) groups is 1. The molecule has 0 bridgehead atoms. The van der Waals surface area contributed by atoms with E-state index in [0.29, 0.717) is 5.02 Å². The quantitative estimate of drug-likeness (QED) is 0.676. The Kier molecular flexibility index (Phi) is 4.41. The number of halogens is 1. The molecular weight excluding hydrogens is 252 g/mol. The van der Waals surface area contributed by atoms with E-state index in [0.717, 1.165) is 35.3 Å². The number of Topliss-reactive ketones (excluding diaryl/α,β-unsaturated/α-hetero) is 1. The molecule has 1 aliphatic rings. The summed E-state index contributed by atoms with van der Waals surface area (Å²) in [4.78, 5) is 13.1. The highest BCUT2D eigenvalue weighted by Gasteiger charge is 2.18. The second kappa shape index (κ2) is 5.83. The molecule has 1 heterocycles. The Labute approximate surface area is 111 Å². The van der Waals surface area contributed by atoms with Crippen LogP contribution in [0, 0.1) is 6.92 Å². The molecule has 0 saturated carbocycles. The van der Waals surface area contributed by atoms with E-state index in [1.165, 1.54) is 30.6 Å². The summed E-state index contributed by atoms with van der Waals surface area (Å²) >= 11 is 7.63. The van der Waals surface area contributed by atoms with Crippen molar-refractivity contribution >= 4 is 28.7 Å². The number of hydrogen-bond acceptors (Lipinski definition) is 2. The third-order valence-electron chi connectivity index (χ3n) is 3.19. The normalized spacial score (nSPS) is 17.2. The Morgan fingerprint density at radius 3 is 2.76 bits per heavy atom. The van der Waals surface area contributed by atoms with Crippen LogP contribution < -0.4 is 0 Å². The van der Waals surface area contributed by atoms with E-state index in [1.54, 1.807) is 0 Å². The molecule has 0 radical (unpaired) electrons. The summed E-state index contributed by atoms with van der Waals surface area (Å²) in [5.74, 6) is 0.148. The molecule has 0 atom stereocenters. The molecule has 1 aliphatic carbocycles. The van der Waals surface area contributed by atoms with Gasteiger partial charge in [0.2, 0.25) is 0 Å². The molecule has 0 aromatic carbocycles. The fourth-order valence-electron chi connectivity index (χ4n) is 2.13. The molecule has 0 spiro atoms. The smallest absolute Gasteiger partial charge is 0.200 e. The average molecular weight is 269 g/mol. The van der Waals surface area contributed by atoms with Crippen molar-refractivity contribution in [3.63, 3.8) is 0 Å². The van der Waals surface area contributed by atoms with Gasteiger partial charge in [-0.15, -0.1) is 11.3 Å². The van der Waals surface area contributed by atoms with Crippen molar-refractivity contribution in [3.05, 3.63) is 32.5 Å². The molecule has 0 aliphatic heterocycles. The van der Waals surface area contributed by atoms with Crippen molar-refractivity contribution < 1.29 is 4.79 Å². The number of allylic oxidation sites excluding steroid dienone is 2. The lowest BCUT2D eigenvalue weighted by molar-refractivity contribution is 0.103. The van der Waals surface area contributed by atoms with Gasteiger partial charge in [0.1, 0.15) is 0 Å². The van der Waals surface area contributed by atoms with Crippen LogP contribution in [0.15, 0.2) is 17.0 Å². The van der Waals surface area contributed by atoms with Crippen molar-refractivity contribution in [2.75, 3.05) is 0 Å². The second-order valence-corrected chi connectivity index (χ2v) is 5.83. The largest absolute Gasteiger partial charge is 0.288 e. The minimum atomic E-state index is 0.148. The van der Waals surface area contributed by atoms with Gasteiger partial charge in [-0.3, -0.25) is 4.79 Å². The Balaban J connectivity index is 2.21. The molecule has 1 aromatic rings. The van der Waals surface area contributed by atoms with Gasteiger partial charge in [-0.1, -0.05) is 30.5 Å². The summed E-state index contributed by atoms with van der Waals surface area (Å²) in [5, 5.41) is 2.60. The number of rotatable bonds is 2. The molecule has 0 fully saturated rings. The number of thiophene rings is 1. The lowest BCUT2D eigenvalue weighted by Crippen LogP contribution is -2.04. The fourth-order valence-corrected chi connectivity index (χ4v) is 3.38. The molecule has 1 nitrogen and oxygen atoms in total. The predicted molar refractivity (Wildman–Crippen MR) is 74.2 cm³/mol. The first-order valence-electron chi connectivity index (χ1n) is 6.17. The van der Waals surface area contributed by atoms with Gasteiger partial charge in [0, 0.05) is 0 Å². The van der Waals surface area contributed by atoms with Crippen LogP contribution in [0.5, 0.6) is 0 Å². The van der Waals surface area contributed by atoms with Crippen molar-refractivity contribution in [3.8, 4) is 0 Å². The third-order valence-corrected chi connectivity index (χ3v) is 4.88. The van der Waals surface area contributed by atoms with E-state index in [2.05, 4.69) is 6.08 Å². The van der Waals surface area contributed by atoms with Crippen LogP contribution in [0.2, 0.25) is 5.02 Å². The number of hydrogen-bond donors (Lipinski definition) is 0. The lowest BCUT2D eigenvalue weighted by atomic mass is 9.96. The van der Waals surface area contributed by atoms with E-state index in [4.69, 9.17) is 11.6 Å². The van der Waals surface area contributed by atoms with Crippen LogP contribution in [-0.2, 0) is 0 Å². The molecule has 0 amide bonds. The molecule has 2 rings (SSSR count). The molecule has 17 heavy (non-hydrogen) atoms. The zero-order chi connectivity index (χ0) is 12.3. The standard InChI is InChI=1S/C14H17ClOS/c1-10-9-17-14(12(10)15)13(16)11-7-5-3-2-4-6-8-11/h7,9H,2-6,8H2,1H3. The number of aryl methyl sites for hydroxylation is 1. The van der Waals surface area contributed by atoms with Crippen LogP contribution in [0.4, 0.5) is 0 Å². The SMILES string of the molecule is Cc1csc(C(=O)C2=CCCCCCC2)c1Cl. The first kappa shape index (κ1) is 12.8. The van der Waals surface area contributed by atoms with Gasteiger partial charge in [0.15, 0.2) is 5.78 Å². The minimum Gasteiger partial charge on any atom is -0.288 e. The maximum Gasteiger partial charge on any atom is 0.200 e. The molecule has 0 N–H and O–H groups in total. The monoisotopic (exact) mass is 268 g/mol.